The maximum absolute atomic E-state index is 13.7. The van der Waals surface area contributed by atoms with Crippen LogP contribution in [0.4, 0.5) is 0 Å². The Kier molecular flexibility index (Phi) is 7.50. The average Bonchev–Trinajstić information content (AvgIpc) is 3.42. The van der Waals surface area contributed by atoms with E-state index in [0.717, 1.165) is 36.6 Å². The fourth-order valence-electron chi connectivity index (χ4n) is 5.42. The summed E-state index contributed by atoms with van der Waals surface area (Å²) < 4.78 is 12.9. The predicted molar refractivity (Wildman–Crippen MR) is 142 cm³/mol. The van der Waals surface area contributed by atoms with Crippen LogP contribution in [0.5, 0.6) is 11.5 Å². The third-order valence-corrected chi connectivity index (χ3v) is 7.35. The summed E-state index contributed by atoms with van der Waals surface area (Å²) in [6, 6.07) is 15.7. The van der Waals surface area contributed by atoms with Gasteiger partial charge in [0.1, 0.15) is 6.04 Å². The largest absolute Gasteiger partial charge is 0.493 e. The third-order valence-electron chi connectivity index (χ3n) is 7.35. The first-order chi connectivity index (χ1) is 18.1. The van der Waals surface area contributed by atoms with Crippen molar-refractivity contribution in [3.05, 3.63) is 75.8 Å². The molecule has 194 valence electrons. The normalized spacial score (nSPS) is 15.2. The SMILES string of the molecule is CCN(Cc1ccccc1)[C@H](c1cc2cc(OC)c(OC)cc2[nH]c1=O)c1nnnn1C1CCCCC1. The van der Waals surface area contributed by atoms with Gasteiger partial charge in [0.15, 0.2) is 17.3 Å². The molecule has 2 heterocycles. The molecule has 0 amide bonds. The van der Waals surface area contributed by atoms with E-state index in [1.807, 2.05) is 35.0 Å². The Bertz CT molecular complexity index is 1390. The van der Waals surface area contributed by atoms with Crippen molar-refractivity contribution < 1.29 is 9.47 Å². The molecule has 9 heteroatoms. The van der Waals surface area contributed by atoms with Gasteiger partial charge in [0.05, 0.1) is 25.8 Å². The van der Waals surface area contributed by atoms with Crippen molar-refractivity contribution in [2.24, 2.45) is 0 Å². The summed E-state index contributed by atoms with van der Waals surface area (Å²) in [7, 11) is 3.19. The second-order valence-electron chi connectivity index (χ2n) is 9.57. The quantitative estimate of drug-likeness (QED) is 0.356. The lowest BCUT2D eigenvalue weighted by Gasteiger charge is -2.32. The standard InChI is InChI=1S/C28H34N6O3/c1-4-33(18-19-11-7-5-8-12-19)26(27-30-31-32-34(27)21-13-9-6-10-14-21)22-15-20-16-24(36-2)25(37-3)17-23(20)29-28(22)35/h5,7-8,11-12,15-17,21,26H,4,6,9-10,13-14,18H2,1-3H3,(H,29,35)/t26-/m1/s1. The Hall–Kier alpha value is -3.72. The van der Waals surface area contributed by atoms with Crippen molar-refractivity contribution in [3.8, 4) is 11.5 Å². The van der Waals surface area contributed by atoms with Gasteiger partial charge in [0, 0.05) is 23.6 Å². The molecule has 0 unspecified atom stereocenters. The smallest absolute Gasteiger partial charge is 0.253 e. The van der Waals surface area contributed by atoms with Gasteiger partial charge in [-0.3, -0.25) is 9.69 Å². The number of hydrogen-bond donors (Lipinski definition) is 1. The molecule has 37 heavy (non-hydrogen) atoms. The highest BCUT2D eigenvalue weighted by Crippen LogP contribution is 2.35. The zero-order valence-electron chi connectivity index (χ0n) is 21.7. The van der Waals surface area contributed by atoms with Gasteiger partial charge in [-0.05, 0) is 47.5 Å². The lowest BCUT2D eigenvalue weighted by molar-refractivity contribution is 0.204. The average molecular weight is 503 g/mol. The number of methoxy groups -OCH3 is 2. The number of tetrazole rings is 1. The summed E-state index contributed by atoms with van der Waals surface area (Å²) in [5, 5.41) is 13.9. The van der Waals surface area contributed by atoms with E-state index in [-0.39, 0.29) is 11.6 Å². The summed E-state index contributed by atoms with van der Waals surface area (Å²) in [4.78, 5) is 19.0. The van der Waals surface area contributed by atoms with Gasteiger partial charge >= 0.3 is 0 Å². The molecule has 0 radical (unpaired) electrons. The molecule has 9 nitrogen and oxygen atoms in total. The van der Waals surface area contributed by atoms with Crippen LogP contribution in [0.2, 0.25) is 0 Å². The number of nitrogens with one attached hydrogen (secondary N) is 1. The first-order valence-electron chi connectivity index (χ1n) is 13.0. The fourth-order valence-corrected chi connectivity index (χ4v) is 5.42. The molecule has 4 aromatic rings. The molecule has 5 rings (SSSR count). The summed E-state index contributed by atoms with van der Waals surface area (Å²) in [5.74, 6) is 1.87. The summed E-state index contributed by atoms with van der Waals surface area (Å²) >= 11 is 0. The number of rotatable bonds is 9. The van der Waals surface area contributed by atoms with E-state index >= 15 is 0 Å². The van der Waals surface area contributed by atoms with E-state index < -0.39 is 6.04 Å². The van der Waals surface area contributed by atoms with Crippen LogP contribution < -0.4 is 15.0 Å². The van der Waals surface area contributed by atoms with E-state index in [2.05, 4.69) is 44.5 Å². The predicted octanol–water partition coefficient (Wildman–Crippen LogP) is 4.65. The van der Waals surface area contributed by atoms with Crippen LogP contribution in [-0.4, -0.2) is 50.9 Å². The molecule has 1 fully saturated rings. The Morgan fingerprint density at radius 2 is 1.78 bits per heavy atom. The molecule has 1 N–H and O–H groups in total. The molecule has 0 saturated heterocycles. The van der Waals surface area contributed by atoms with Crippen LogP contribution in [0.25, 0.3) is 10.9 Å². The fraction of sp³-hybridized carbons (Fsp3) is 0.429. The lowest BCUT2D eigenvalue weighted by Crippen LogP contribution is -2.35. The molecule has 0 spiro atoms. The van der Waals surface area contributed by atoms with Crippen molar-refractivity contribution in [2.75, 3.05) is 20.8 Å². The first kappa shape index (κ1) is 25.0. The molecular formula is C28H34N6O3. The van der Waals surface area contributed by atoms with Crippen molar-refractivity contribution in [1.82, 2.24) is 30.1 Å². The number of hydrogen-bond acceptors (Lipinski definition) is 7. The maximum atomic E-state index is 13.7. The van der Waals surface area contributed by atoms with Crippen LogP contribution in [-0.2, 0) is 6.54 Å². The van der Waals surface area contributed by atoms with Crippen molar-refractivity contribution in [1.29, 1.82) is 0 Å². The Balaban J connectivity index is 1.66. The van der Waals surface area contributed by atoms with Crippen LogP contribution in [0, 0.1) is 0 Å². The number of H-pyrrole nitrogens is 1. The number of fused-ring (bicyclic) bond motifs is 1. The van der Waals surface area contributed by atoms with E-state index in [9.17, 15) is 4.79 Å². The van der Waals surface area contributed by atoms with Crippen molar-refractivity contribution in [3.63, 3.8) is 0 Å². The number of aromatic nitrogens is 5. The minimum absolute atomic E-state index is 0.172. The summed E-state index contributed by atoms with van der Waals surface area (Å²) in [5.41, 5.74) is 2.27. The van der Waals surface area contributed by atoms with Crippen molar-refractivity contribution >= 4 is 10.9 Å². The molecule has 1 atom stereocenters. The number of pyridine rings is 1. The van der Waals surface area contributed by atoms with Gasteiger partial charge in [-0.25, -0.2) is 4.68 Å². The van der Waals surface area contributed by atoms with Gasteiger partial charge < -0.3 is 14.5 Å². The van der Waals surface area contributed by atoms with Gasteiger partial charge in [0.25, 0.3) is 5.56 Å². The van der Waals surface area contributed by atoms with Crippen LogP contribution >= 0.6 is 0 Å². The Morgan fingerprint density at radius 1 is 1.05 bits per heavy atom. The number of benzene rings is 2. The minimum Gasteiger partial charge on any atom is -0.493 e. The zero-order chi connectivity index (χ0) is 25.8. The van der Waals surface area contributed by atoms with Gasteiger partial charge in [-0.1, -0.05) is 56.5 Å². The lowest BCUT2D eigenvalue weighted by atomic mass is 9.95. The molecule has 2 aromatic carbocycles. The molecule has 0 aliphatic heterocycles. The van der Waals surface area contributed by atoms with E-state index in [4.69, 9.17) is 9.47 Å². The minimum atomic E-state index is -0.427. The van der Waals surface area contributed by atoms with Gasteiger partial charge in [-0.2, -0.15) is 0 Å². The number of nitrogens with zero attached hydrogens (tertiary/aromatic N) is 5. The van der Waals surface area contributed by atoms with Crippen LogP contribution in [0.1, 0.15) is 68.1 Å². The zero-order valence-corrected chi connectivity index (χ0v) is 21.7. The first-order valence-corrected chi connectivity index (χ1v) is 13.0. The Labute approximate surface area is 216 Å². The second-order valence-corrected chi connectivity index (χ2v) is 9.57. The topological polar surface area (TPSA) is 98.2 Å². The molecule has 0 bridgehead atoms. The molecule has 1 aliphatic carbocycles. The van der Waals surface area contributed by atoms with E-state index in [1.165, 1.54) is 6.42 Å². The van der Waals surface area contributed by atoms with E-state index in [0.29, 0.717) is 41.5 Å². The van der Waals surface area contributed by atoms with Gasteiger partial charge in [-0.15, -0.1) is 5.10 Å². The van der Waals surface area contributed by atoms with Crippen LogP contribution in [0.15, 0.2) is 53.3 Å². The molecular weight excluding hydrogens is 468 g/mol. The van der Waals surface area contributed by atoms with Gasteiger partial charge in [0.2, 0.25) is 0 Å². The molecule has 2 aromatic heterocycles. The number of aromatic amines is 1. The second kappa shape index (κ2) is 11.1. The Morgan fingerprint density at radius 3 is 2.49 bits per heavy atom. The highest BCUT2D eigenvalue weighted by atomic mass is 16.5. The molecule has 1 aliphatic rings. The van der Waals surface area contributed by atoms with Crippen molar-refractivity contribution in [2.45, 2.75) is 57.7 Å². The van der Waals surface area contributed by atoms with E-state index in [1.54, 1.807) is 20.3 Å². The highest BCUT2D eigenvalue weighted by Gasteiger charge is 2.32. The molecule has 1 saturated carbocycles. The third kappa shape index (κ3) is 5.09. The monoisotopic (exact) mass is 502 g/mol. The maximum Gasteiger partial charge on any atom is 0.253 e. The highest BCUT2D eigenvalue weighted by molar-refractivity contribution is 5.83. The number of ether oxygens (including phenoxy) is 2. The van der Waals surface area contributed by atoms with Crippen LogP contribution in [0.3, 0.4) is 0 Å². The summed E-state index contributed by atoms with van der Waals surface area (Å²) in [6.07, 6.45) is 5.64. The summed E-state index contributed by atoms with van der Waals surface area (Å²) in [6.45, 7) is 3.47.